The molecule has 0 spiro atoms. The molecule has 1 heterocycles. The predicted octanol–water partition coefficient (Wildman–Crippen LogP) is 2.56. The fraction of sp³-hybridized carbons (Fsp3) is 0.667. The highest BCUT2D eigenvalue weighted by Gasteiger charge is 2.01. The average Bonchev–Trinajstić information content (AvgIpc) is 2.61. The van der Waals surface area contributed by atoms with Gasteiger partial charge >= 0.3 is 0 Å². The lowest BCUT2D eigenvalue weighted by Crippen LogP contribution is -2.15. The van der Waals surface area contributed by atoms with Gasteiger partial charge in [0.2, 0.25) is 0 Å². The van der Waals surface area contributed by atoms with Crippen molar-refractivity contribution >= 4 is 0 Å². The molecule has 0 fully saturated rings. The van der Waals surface area contributed by atoms with Crippen molar-refractivity contribution in [3.05, 3.63) is 23.7 Å². The Labute approximate surface area is 91.8 Å². The first-order valence-electron chi connectivity index (χ1n) is 5.49. The Kier molecular flexibility index (Phi) is 5.43. The number of hydrogen-bond acceptors (Lipinski definition) is 3. The van der Waals surface area contributed by atoms with Crippen LogP contribution in [0.2, 0.25) is 0 Å². The van der Waals surface area contributed by atoms with Gasteiger partial charge in [-0.25, -0.2) is 0 Å². The van der Waals surface area contributed by atoms with Crippen LogP contribution in [0.3, 0.4) is 0 Å². The van der Waals surface area contributed by atoms with Gasteiger partial charge in [0.05, 0.1) is 6.54 Å². The van der Waals surface area contributed by atoms with Crippen molar-refractivity contribution in [2.24, 2.45) is 5.92 Å². The minimum Gasteiger partial charge on any atom is -0.462 e. The van der Waals surface area contributed by atoms with Crippen molar-refractivity contribution in [2.75, 3.05) is 13.7 Å². The van der Waals surface area contributed by atoms with E-state index in [1.54, 1.807) is 7.11 Å². The molecule has 0 aliphatic heterocycles. The summed E-state index contributed by atoms with van der Waals surface area (Å²) in [5, 5.41) is 3.35. The lowest BCUT2D eigenvalue weighted by molar-refractivity contribution is 0.162. The topological polar surface area (TPSA) is 34.4 Å². The number of rotatable bonds is 7. The molecular weight excluding hydrogens is 190 g/mol. The number of ether oxygens (including phenoxy) is 1. The van der Waals surface area contributed by atoms with Crippen LogP contribution >= 0.6 is 0 Å². The third kappa shape index (κ3) is 5.00. The lowest BCUT2D eigenvalue weighted by atomic mass is 10.1. The van der Waals surface area contributed by atoms with E-state index < -0.39 is 0 Å². The monoisotopic (exact) mass is 211 g/mol. The van der Waals surface area contributed by atoms with Crippen molar-refractivity contribution in [3.8, 4) is 0 Å². The summed E-state index contributed by atoms with van der Waals surface area (Å²) in [6, 6.07) is 3.96. The molecule has 0 amide bonds. The van der Waals surface area contributed by atoms with E-state index in [-0.39, 0.29) is 0 Å². The lowest BCUT2D eigenvalue weighted by Gasteiger charge is -2.04. The van der Waals surface area contributed by atoms with Crippen LogP contribution in [0.25, 0.3) is 0 Å². The molecular formula is C12H21NO2. The second-order valence-electron chi connectivity index (χ2n) is 4.16. The predicted molar refractivity (Wildman–Crippen MR) is 60.6 cm³/mol. The summed E-state index contributed by atoms with van der Waals surface area (Å²) in [7, 11) is 1.67. The third-order valence-electron chi connectivity index (χ3n) is 2.20. The number of methoxy groups -OCH3 is 1. The molecule has 0 aliphatic rings. The molecule has 0 atom stereocenters. The van der Waals surface area contributed by atoms with Crippen LogP contribution in [0.15, 0.2) is 16.5 Å². The summed E-state index contributed by atoms with van der Waals surface area (Å²) in [6.45, 7) is 6.84. The number of furan rings is 1. The smallest absolute Gasteiger partial charge is 0.129 e. The Morgan fingerprint density at radius 3 is 2.73 bits per heavy atom. The van der Waals surface area contributed by atoms with Crippen LogP contribution in [-0.2, 0) is 17.9 Å². The maximum Gasteiger partial charge on any atom is 0.129 e. The first kappa shape index (κ1) is 12.3. The molecule has 86 valence electrons. The average molecular weight is 211 g/mol. The molecule has 3 nitrogen and oxygen atoms in total. The van der Waals surface area contributed by atoms with Crippen molar-refractivity contribution in [1.82, 2.24) is 5.32 Å². The van der Waals surface area contributed by atoms with Gasteiger partial charge in [-0.2, -0.15) is 0 Å². The normalized spacial score (nSPS) is 11.2. The minimum absolute atomic E-state index is 0.548. The van der Waals surface area contributed by atoms with Gasteiger partial charge in [-0.1, -0.05) is 13.8 Å². The van der Waals surface area contributed by atoms with E-state index in [0.29, 0.717) is 6.61 Å². The highest BCUT2D eigenvalue weighted by molar-refractivity contribution is 5.06. The van der Waals surface area contributed by atoms with Gasteiger partial charge in [0.25, 0.3) is 0 Å². The quantitative estimate of drug-likeness (QED) is 0.704. The van der Waals surface area contributed by atoms with Crippen LogP contribution in [0, 0.1) is 5.92 Å². The van der Waals surface area contributed by atoms with Crippen molar-refractivity contribution in [3.63, 3.8) is 0 Å². The fourth-order valence-corrected chi connectivity index (χ4v) is 1.34. The van der Waals surface area contributed by atoms with Gasteiger partial charge in [0.15, 0.2) is 0 Å². The molecule has 0 aliphatic carbocycles. The van der Waals surface area contributed by atoms with E-state index in [1.807, 2.05) is 12.1 Å². The van der Waals surface area contributed by atoms with Crippen molar-refractivity contribution in [2.45, 2.75) is 33.4 Å². The van der Waals surface area contributed by atoms with Gasteiger partial charge < -0.3 is 14.5 Å². The standard InChI is InChI=1S/C12H21NO2/c1-10(2)6-7-13-8-11-4-5-12(15-11)9-14-3/h4-5,10,13H,6-9H2,1-3H3. The van der Waals surface area contributed by atoms with E-state index >= 15 is 0 Å². The van der Waals surface area contributed by atoms with E-state index in [1.165, 1.54) is 6.42 Å². The van der Waals surface area contributed by atoms with E-state index in [2.05, 4.69) is 19.2 Å². The van der Waals surface area contributed by atoms with E-state index in [4.69, 9.17) is 9.15 Å². The first-order chi connectivity index (χ1) is 7.22. The van der Waals surface area contributed by atoms with E-state index in [0.717, 1.165) is 30.5 Å². The Bertz CT molecular complexity index is 268. The molecule has 0 radical (unpaired) electrons. The number of nitrogens with one attached hydrogen (secondary N) is 1. The Morgan fingerprint density at radius 1 is 1.33 bits per heavy atom. The first-order valence-corrected chi connectivity index (χ1v) is 5.49. The highest BCUT2D eigenvalue weighted by atomic mass is 16.5. The third-order valence-corrected chi connectivity index (χ3v) is 2.20. The Morgan fingerprint density at radius 2 is 2.07 bits per heavy atom. The zero-order valence-electron chi connectivity index (χ0n) is 9.88. The molecule has 1 N–H and O–H groups in total. The summed E-state index contributed by atoms with van der Waals surface area (Å²) >= 11 is 0. The molecule has 15 heavy (non-hydrogen) atoms. The highest BCUT2D eigenvalue weighted by Crippen LogP contribution is 2.08. The minimum atomic E-state index is 0.548. The largest absolute Gasteiger partial charge is 0.462 e. The second-order valence-corrected chi connectivity index (χ2v) is 4.16. The summed E-state index contributed by atoms with van der Waals surface area (Å²) in [5.41, 5.74) is 0. The molecule has 0 saturated heterocycles. The second kappa shape index (κ2) is 6.64. The molecule has 3 heteroatoms. The van der Waals surface area contributed by atoms with Gasteiger partial charge in [-0.05, 0) is 31.0 Å². The molecule has 0 bridgehead atoms. The van der Waals surface area contributed by atoms with Crippen LogP contribution in [0.5, 0.6) is 0 Å². The Hall–Kier alpha value is -0.800. The summed E-state index contributed by atoms with van der Waals surface area (Å²) in [5.74, 6) is 2.61. The van der Waals surface area contributed by atoms with Gasteiger partial charge in [0, 0.05) is 7.11 Å². The molecule has 0 saturated carbocycles. The summed E-state index contributed by atoms with van der Waals surface area (Å²) < 4.78 is 10.5. The Balaban J connectivity index is 2.19. The van der Waals surface area contributed by atoms with Crippen molar-refractivity contribution in [1.29, 1.82) is 0 Å². The molecule has 0 unspecified atom stereocenters. The van der Waals surface area contributed by atoms with Crippen LogP contribution in [0.4, 0.5) is 0 Å². The molecule has 0 aromatic carbocycles. The molecule has 1 aromatic heterocycles. The zero-order chi connectivity index (χ0) is 11.1. The van der Waals surface area contributed by atoms with Crippen molar-refractivity contribution < 1.29 is 9.15 Å². The van der Waals surface area contributed by atoms with Gasteiger partial charge in [-0.15, -0.1) is 0 Å². The molecule has 1 aromatic rings. The zero-order valence-corrected chi connectivity index (χ0v) is 9.88. The van der Waals surface area contributed by atoms with Crippen LogP contribution in [0.1, 0.15) is 31.8 Å². The van der Waals surface area contributed by atoms with Gasteiger partial charge in [0.1, 0.15) is 18.1 Å². The molecule has 1 rings (SSSR count). The summed E-state index contributed by atoms with van der Waals surface area (Å²) in [4.78, 5) is 0. The van der Waals surface area contributed by atoms with Crippen LogP contribution < -0.4 is 5.32 Å². The number of hydrogen-bond donors (Lipinski definition) is 1. The maximum absolute atomic E-state index is 5.54. The maximum atomic E-state index is 5.54. The summed E-state index contributed by atoms with van der Waals surface area (Å²) in [6.07, 6.45) is 1.20. The van der Waals surface area contributed by atoms with Gasteiger partial charge in [-0.3, -0.25) is 0 Å². The van der Waals surface area contributed by atoms with Crippen LogP contribution in [-0.4, -0.2) is 13.7 Å². The fourth-order valence-electron chi connectivity index (χ4n) is 1.34. The SMILES string of the molecule is COCc1ccc(CNCCC(C)C)o1. The van der Waals surface area contributed by atoms with E-state index in [9.17, 15) is 0 Å².